The van der Waals surface area contributed by atoms with Gasteiger partial charge in [0.25, 0.3) is 10.0 Å². The van der Waals surface area contributed by atoms with Crippen molar-refractivity contribution in [3.05, 3.63) is 53.6 Å². The van der Waals surface area contributed by atoms with E-state index in [1.165, 1.54) is 28.6 Å². The van der Waals surface area contributed by atoms with Gasteiger partial charge in [-0.25, -0.2) is 16.8 Å². The van der Waals surface area contributed by atoms with Crippen molar-refractivity contribution >= 4 is 25.7 Å². The van der Waals surface area contributed by atoms with Crippen molar-refractivity contribution in [1.29, 1.82) is 0 Å². The molecule has 1 N–H and O–H groups in total. The van der Waals surface area contributed by atoms with Gasteiger partial charge >= 0.3 is 0 Å². The van der Waals surface area contributed by atoms with E-state index in [0.717, 1.165) is 11.1 Å². The normalized spacial score (nSPS) is 12.3. The minimum Gasteiger partial charge on any atom is -0.279 e. The summed E-state index contributed by atoms with van der Waals surface area (Å²) in [5.74, 6) is 0. The van der Waals surface area contributed by atoms with Gasteiger partial charge in [-0.3, -0.25) is 4.72 Å². The van der Waals surface area contributed by atoms with Crippen molar-refractivity contribution in [2.75, 3.05) is 17.8 Å². The maximum absolute atomic E-state index is 12.6. The smallest absolute Gasteiger partial charge is 0.261 e. The van der Waals surface area contributed by atoms with Crippen molar-refractivity contribution in [3.8, 4) is 0 Å². The van der Waals surface area contributed by atoms with Crippen LogP contribution in [-0.2, 0) is 20.0 Å². The zero-order valence-corrected chi connectivity index (χ0v) is 17.0. The van der Waals surface area contributed by atoms with Gasteiger partial charge in [-0.1, -0.05) is 26.0 Å². The van der Waals surface area contributed by atoms with Gasteiger partial charge in [0.2, 0.25) is 10.0 Å². The fourth-order valence-electron chi connectivity index (χ4n) is 2.55. The molecule has 8 heteroatoms. The van der Waals surface area contributed by atoms with Gasteiger partial charge < -0.3 is 0 Å². The van der Waals surface area contributed by atoms with E-state index < -0.39 is 20.0 Å². The van der Waals surface area contributed by atoms with Gasteiger partial charge in [-0.2, -0.15) is 4.31 Å². The Bertz CT molecular complexity index is 978. The molecule has 2 aromatic rings. The molecule has 26 heavy (non-hydrogen) atoms. The van der Waals surface area contributed by atoms with Crippen LogP contribution in [0.2, 0.25) is 0 Å². The quantitative estimate of drug-likeness (QED) is 0.779. The summed E-state index contributed by atoms with van der Waals surface area (Å²) in [6, 6.07) is 10.8. The molecule has 2 rings (SSSR count). The minimum atomic E-state index is -3.80. The zero-order chi connectivity index (χ0) is 19.5. The number of rotatable bonds is 7. The van der Waals surface area contributed by atoms with Crippen LogP contribution >= 0.6 is 0 Å². The summed E-state index contributed by atoms with van der Waals surface area (Å²) in [7, 11) is -7.42. The van der Waals surface area contributed by atoms with E-state index >= 15 is 0 Å². The lowest BCUT2D eigenvalue weighted by Crippen LogP contribution is -2.30. The molecular weight excluding hydrogens is 372 g/mol. The Kier molecular flexibility index (Phi) is 6.10. The van der Waals surface area contributed by atoms with E-state index in [9.17, 15) is 16.8 Å². The number of hydrogen-bond acceptors (Lipinski definition) is 4. The molecule has 0 amide bonds. The Morgan fingerprint density at radius 1 is 0.846 bits per heavy atom. The van der Waals surface area contributed by atoms with Crippen molar-refractivity contribution < 1.29 is 16.8 Å². The number of aryl methyl sites for hydroxylation is 2. The lowest BCUT2D eigenvalue weighted by Gasteiger charge is -2.18. The van der Waals surface area contributed by atoms with E-state index in [4.69, 9.17) is 0 Å². The molecule has 0 atom stereocenters. The van der Waals surface area contributed by atoms with E-state index in [0.29, 0.717) is 18.8 Å². The van der Waals surface area contributed by atoms with Gasteiger partial charge in [-0.15, -0.1) is 0 Å². The third kappa shape index (κ3) is 4.25. The van der Waals surface area contributed by atoms with Crippen molar-refractivity contribution in [1.82, 2.24) is 4.31 Å². The van der Waals surface area contributed by atoms with E-state index in [1.54, 1.807) is 19.9 Å². The molecule has 0 unspecified atom stereocenters. The summed E-state index contributed by atoms with van der Waals surface area (Å²) in [6.45, 7) is 7.92. The Morgan fingerprint density at radius 2 is 1.38 bits per heavy atom. The summed E-state index contributed by atoms with van der Waals surface area (Å²) >= 11 is 0. The largest absolute Gasteiger partial charge is 0.279 e. The van der Waals surface area contributed by atoms with Gasteiger partial charge in [0.15, 0.2) is 0 Å². The fraction of sp³-hybridized carbons (Fsp3) is 0.333. The molecule has 0 fully saturated rings. The van der Waals surface area contributed by atoms with Crippen LogP contribution in [0.15, 0.2) is 52.3 Å². The number of hydrogen-bond donors (Lipinski definition) is 1. The molecule has 0 aromatic heterocycles. The van der Waals surface area contributed by atoms with Crippen molar-refractivity contribution in [2.45, 2.75) is 37.5 Å². The summed E-state index contributed by atoms with van der Waals surface area (Å²) in [4.78, 5) is 0.0868. The van der Waals surface area contributed by atoms with Crippen LogP contribution in [0.4, 0.5) is 5.69 Å². The van der Waals surface area contributed by atoms with E-state index in [1.807, 2.05) is 26.0 Å². The number of anilines is 1. The Morgan fingerprint density at radius 3 is 1.92 bits per heavy atom. The topological polar surface area (TPSA) is 83.6 Å². The molecule has 0 saturated heterocycles. The maximum Gasteiger partial charge on any atom is 0.261 e. The number of benzene rings is 2. The standard InChI is InChI=1S/C18H24N2O4S2/c1-5-20(6-2)26(23,24)17-11-9-16(10-12-17)25(21,22)19-18-13-14(3)7-8-15(18)4/h7-13,19H,5-6H2,1-4H3. The van der Waals surface area contributed by atoms with E-state index in [-0.39, 0.29) is 9.79 Å². The van der Waals surface area contributed by atoms with Gasteiger partial charge in [0, 0.05) is 13.1 Å². The molecule has 142 valence electrons. The highest BCUT2D eigenvalue weighted by Crippen LogP contribution is 2.23. The summed E-state index contributed by atoms with van der Waals surface area (Å²) in [6.07, 6.45) is 0. The lowest BCUT2D eigenvalue weighted by molar-refractivity contribution is 0.445. The highest BCUT2D eigenvalue weighted by Gasteiger charge is 2.23. The summed E-state index contributed by atoms with van der Waals surface area (Å²) in [5, 5.41) is 0. The van der Waals surface area contributed by atoms with Gasteiger partial charge in [0.1, 0.15) is 0 Å². The first-order valence-corrected chi connectivity index (χ1v) is 11.2. The first-order chi connectivity index (χ1) is 12.1. The first kappa shape index (κ1) is 20.4. The second-order valence-corrected chi connectivity index (χ2v) is 9.60. The monoisotopic (exact) mass is 396 g/mol. The molecule has 0 heterocycles. The van der Waals surface area contributed by atoms with Gasteiger partial charge in [0.05, 0.1) is 15.5 Å². The molecule has 0 aliphatic heterocycles. The third-order valence-corrected chi connectivity index (χ3v) is 7.56. The molecule has 0 radical (unpaired) electrons. The highest BCUT2D eigenvalue weighted by atomic mass is 32.2. The molecule has 0 spiro atoms. The summed E-state index contributed by atoms with van der Waals surface area (Å²) < 4.78 is 54.1. The van der Waals surface area contributed by atoms with E-state index in [2.05, 4.69) is 4.72 Å². The molecule has 0 saturated carbocycles. The predicted molar refractivity (Wildman–Crippen MR) is 103 cm³/mol. The first-order valence-electron chi connectivity index (χ1n) is 8.32. The van der Waals surface area contributed by atoms with Crippen LogP contribution < -0.4 is 4.72 Å². The number of nitrogens with zero attached hydrogens (tertiary/aromatic N) is 1. The predicted octanol–water partition coefficient (Wildman–Crippen LogP) is 3.13. The highest BCUT2D eigenvalue weighted by molar-refractivity contribution is 7.92. The van der Waals surface area contributed by atoms with Crippen LogP contribution in [0, 0.1) is 13.8 Å². The van der Waals surface area contributed by atoms with Crippen LogP contribution in [0.25, 0.3) is 0 Å². The lowest BCUT2D eigenvalue weighted by atomic mass is 10.1. The minimum absolute atomic E-state index is 0.0110. The molecule has 0 bridgehead atoms. The summed E-state index contributed by atoms with van der Waals surface area (Å²) in [5.41, 5.74) is 2.25. The third-order valence-electron chi connectivity index (χ3n) is 4.11. The van der Waals surface area contributed by atoms with Crippen LogP contribution in [0.3, 0.4) is 0 Å². The van der Waals surface area contributed by atoms with Crippen LogP contribution in [0.5, 0.6) is 0 Å². The molecule has 0 aliphatic carbocycles. The Hall–Kier alpha value is -1.90. The van der Waals surface area contributed by atoms with Crippen LogP contribution in [-0.4, -0.2) is 34.2 Å². The maximum atomic E-state index is 12.6. The average Bonchev–Trinajstić information content (AvgIpc) is 2.59. The number of sulfonamides is 2. The fourth-order valence-corrected chi connectivity index (χ4v) is 5.13. The molecule has 2 aromatic carbocycles. The average molecular weight is 397 g/mol. The number of nitrogens with one attached hydrogen (secondary N) is 1. The zero-order valence-electron chi connectivity index (χ0n) is 15.4. The van der Waals surface area contributed by atoms with Gasteiger partial charge in [-0.05, 0) is 55.3 Å². The Labute approximate surface area is 156 Å². The SMILES string of the molecule is CCN(CC)S(=O)(=O)c1ccc(S(=O)(=O)Nc2cc(C)ccc2C)cc1. The Balaban J connectivity index is 2.33. The second kappa shape index (κ2) is 7.77. The molecule has 0 aliphatic rings. The van der Waals surface area contributed by atoms with Crippen LogP contribution in [0.1, 0.15) is 25.0 Å². The van der Waals surface area contributed by atoms with Crippen molar-refractivity contribution in [2.24, 2.45) is 0 Å². The molecular formula is C18H24N2O4S2. The molecule has 6 nitrogen and oxygen atoms in total. The second-order valence-electron chi connectivity index (χ2n) is 5.98. The van der Waals surface area contributed by atoms with Crippen molar-refractivity contribution in [3.63, 3.8) is 0 Å².